The molecule has 0 radical (unpaired) electrons. The Labute approximate surface area is 122 Å². The molecule has 3 nitrogen and oxygen atoms in total. The topological polar surface area (TPSA) is 27.7 Å². The van der Waals surface area contributed by atoms with E-state index in [9.17, 15) is 0 Å². The summed E-state index contributed by atoms with van der Waals surface area (Å²) < 4.78 is 18.6. The third-order valence-electron chi connectivity index (χ3n) is 1.94. The Balaban J connectivity index is 5.34. The van der Waals surface area contributed by atoms with Crippen LogP contribution in [-0.2, 0) is 14.2 Å². The van der Waals surface area contributed by atoms with Crippen molar-refractivity contribution in [3.05, 3.63) is 0 Å². The zero-order valence-electron chi connectivity index (χ0n) is 14.6. The van der Waals surface area contributed by atoms with E-state index < -0.39 is 5.97 Å². The fourth-order valence-corrected chi connectivity index (χ4v) is 2.53. The van der Waals surface area contributed by atoms with Crippen LogP contribution in [0.15, 0.2) is 0 Å². The second-order valence-electron chi connectivity index (χ2n) is 8.08. The molecule has 116 valence electrons. The minimum absolute atomic E-state index is 0.312. The molecule has 0 saturated heterocycles. The zero-order chi connectivity index (χ0) is 15.5. The van der Waals surface area contributed by atoms with Crippen molar-refractivity contribution in [2.24, 2.45) is 0 Å². The lowest BCUT2D eigenvalue weighted by molar-refractivity contribution is -0.447. The minimum atomic E-state index is -0.962. The summed E-state index contributed by atoms with van der Waals surface area (Å²) in [6.07, 6.45) is 0.769. The molecule has 0 fully saturated rings. The van der Waals surface area contributed by atoms with Crippen molar-refractivity contribution in [3.63, 3.8) is 0 Å². The molecule has 0 aliphatic heterocycles. The largest absolute Gasteiger partial charge is 0.322 e. The van der Waals surface area contributed by atoms with E-state index in [4.69, 9.17) is 14.2 Å². The molecule has 0 aliphatic carbocycles. The van der Waals surface area contributed by atoms with Crippen molar-refractivity contribution in [2.75, 3.05) is 0 Å². The highest BCUT2D eigenvalue weighted by Crippen LogP contribution is 2.35. The molecule has 0 heterocycles. The average Bonchev–Trinajstić information content (AvgIpc) is 1.90. The van der Waals surface area contributed by atoms with E-state index in [1.165, 1.54) is 0 Å². The molecule has 0 amide bonds. The predicted molar refractivity (Wildman–Crippen MR) is 84.6 cm³/mol. The first-order chi connectivity index (χ1) is 8.18. The van der Waals surface area contributed by atoms with Crippen molar-refractivity contribution < 1.29 is 14.2 Å². The van der Waals surface area contributed by atoms with E-state index in [1.54, 1.807) is 0 Å². The Morgan fingerprint density at radius 1 is 0.632 bits per heavy atom. The van der Waals surface area contributed by atoms with Gasteiger partial charge in [0.05, 0.1) is 16.8 Å². The second kappa shape index (κ2) is 6.25. The Morgan fingerprint density at radius 2 is 0.895 bits per heavy atom. The maximum absolute atomic E-state index is 6.20. The van der Waals surface area contributed by atoms with Crippen LogP contribution in [0.4, 0.5) is 0 Å². The van der Waals surface area contributed by atoms with E-state index in [1.807, 2.05) is 62.3 Å². The van der Waals surface area contributed by atoms with Gasteiger partial charge < -0.3 is 14.2 Å². The van der Waals surface area contributed by atoms with Crippen LogP contribution in [0.3, 0.4) is 0 Å². The molecule has 0 aromatic rings. The molecule has 0 bridgehead atoms. The van der Waals surface area contributed by atoms with Gasteiger partial charge in [0.2, 0.25) is 0 Å². The molecule has 0 rings (SSSR count). The van der Waals surface area contributed by atoms with Gasteiger partial charge in [-0.25, -0.2) is 0 Å². The van der Waals surface area contributed by atoms with Crippen LogP contribution < -0.4 is 0 Å². The predicted octanol–water partition coefficient (Wildman–Crippen LogP) is 3.26. The zero-order valence-corrected chi connectivity index (χ0v) is 16.6. The van der Waals surface area contributed by atoms with Gasteiger partial charge in [-0.05, 0) is 62.3 Å². The number of ether oxygens (including phenoxy) is 3. The van der Waals surface area contributed by atoms with Gasteiger partial charge in [-0.15, -0.1) is 0 Å². The third-order valence-corrected chi connectivity index (χ3v) is 2.44. The van der Waals surface area contributed by atoms with E-state index in [0.717, 1.165) is 22.7 Å². The van der Waals surface area contributed by atoms with Crippen molar-refractivity contribution >= 4 is 10.2 Å². The van der Waals surface area contributed by atoms with Gasteiger partial charge in [-0.3, -0.25) is 0 Å². The number of rotatable bonds is 5. The summed E-state index contributed by atoms with van der Waals surface area (Å²) in [5.74, 6) is -0.962. The van der Waals surface area contributed by atoms with Gasteiger partial charge in [0.25, 0.3) is 5.97 Å². The maximum Gasteiger partial charge on any atom is 0.284 e. The number of hydrogen-bond acceptors (Lipinski definition) is 3. The monoisotopic (exact) mass is 290 g/mol. The van der Waals surface area contributed by atoms with Gasteiger partial charge >= 0.3 is 0 Å². The summed E-state index contributed by atoms with van der Waals surface area (Å²) in [6, 6.07) is 1.07. The number of hydrogen-bond donors (Lipinski definition) is 0. The standard InChI is InChI=1S/C15H34O3Si/c1-12(2,3)16-15(10-11-19,17-13(4,5)6)18-14(7,8)9/h10-11H2,1-9,19H3. The van der Waals surface area contributed by atoms with Crippen LogP contribution in [0.25, 0.3) is 0 Å². The average molecular weight is 291 g/mol. The lowest BCUT2D eigenvalue weighted by atomic mass is 10.1. The van der Waals surface area contributed by atoms with Gasteiger partial charge in [0, 0.05) is 16.7 Å². The van der Waals surface area contributed by atoms with Gasteiger partial charge in [0.15, 0.2) is 0 Å². The van der Waals surface area contributed by atoms with Crippen LogP contribution >= 0.6 is 0 Å². The fourth-order valence-electron chi connectivity index (χ4n) is 1.92. The Bertz CT molecular complexity index is 228. The second-order valence-corrected chi connectivity index (χ2v) is 9.08. The smallest absolute Gasteiger partial charge is 0.284 e. The highest BCUT2D eigenvalue weighted by molar-refractivity contribution is 6.08. The summed E-state index contributed by atoms with van der Waals surface area (Å²) >= 11 is 0. The molecule has 0 N–H and O–H groups in total. The molecule has 0 aliphatic rings. The molecular weight excluding hydrogens is 256 g/mol. The lowest BCUT2D eigenvalue weighted by Gasteiger charge is -2.45. The summed E-state index contributed by atoms with van der Waals surface area (Å²) in [5, 5.41) is 0. The molecule has 4 heteroatoms. The molecule has 0 atom stereocenters. The van der Waals surface area contributed by atoms with E-state index in [0.29, 0.717) is 0 Å². The summed E-state index contributed by atoms with van der Waals surface area (Å²) in [4.78, 5) is 0. The quantitative estimate of drug-likeness (QED) is 0.574. The summed E-state index contributed by atoms with van der Waals surface area (Å²) in [7, 11) is 1.10. The van der Waals surface area contributed by atoms with Crippen LogP contribution in [-0.4, -0.2) is 33.0 Å². The van der Waals surface area contributed by atoms with Crippen molar-refractivity contribution in [1.29, 1.82) is 0 Å². The molecule has 0 aromatic heterocycles. The first-order valence-electron chi connectivity index (χ1n) is 7.29. The highest BCUT2D eigenvalue weighted by Gasteiger charge is 2.43. The van der Waals surface area contributed by atoms with E-state index in [-0.39, 0.29) is 16.8 Å². The highest BCUT2D eigenvalue weighted by atomic mass is 28.1. The van der Waals surface area contributed by atoms with Crippen molar-refractivity contribution in [2.45, 2.75) is 97.6 Å². The molecule has 0 aromatic carbocycles. The van der Waals surface area contributed by atoms with Crippen LogP contribution in [0.2, 0.25) is 6.04 Å². The Hall–Kier alpha value is 0.0969. The van der Waals surface area contributed by atoms with Crippen LogP contribution in [0.5, 0.6) is 0 Å². The van der Waals surface area contributed by atoms with Crippen LogP contribution in [0, 0.1) is 0 Å². The Kier molecular flexibility index (Phi) is 6.28. The molecule has 0 spiro atoms. The first-order valence-corrected chi connectivity index (χ1v) is 8.70. The van der Waals surface area contributed by atoms with E-state index >= 15 is 0 Å². The molecular formula is C15H34O3Si. The van der Waals surface area contributed by atoms with Gasteiger partial charge in [-0.1, -0.05) is 6.04 Å². The first kappa shape index (κ1) is 19.1. The summed E-state index contributed by atoms with van der Waals surface area (Å²) in [6.45, 7) is 18.3. The minimum Gasteiger partial charge on any atom is -0.322 e. The fraction of sp³-hybridized carbons (Fsp3) is 1.00. The lowest BCUT2D eigenvalue weighted by Crippen LogP contribution is -2.52. The van der Waals surface area contributed by atoms with Crippen LogP contribution in [0.1, 0.15) is 68.7 Å². The molecule has 0 saturated carbocycles. The Morgan fingerprint density at radius 3 is 1.05 bits per heavy atom. The third kappa shape index (κ3) is 9.60. The van der Waals surface area contributed by atoms with Gasteiger partial charge in [-0.2, -0.15) is 0 Å². The molecule has 19 heavy (non-hydrogen) atoms. The normalized spacial score (nSPS) is 15.0. The van der Waals surface area contributed by atoms with E-state index in [2.05, 4.69) is 0 Å². The van der Waals surface area contributed by atoms with Crippen molar-refractivity contribution in [1.82, 2.24) is 0 Å². The maximum atomic E-state index is 6.20. The summed E-state index contributed by atoms with van der Waals surface area (Å²) in [5.41, 5.74) is -0.937. The molecule has 0 unspecified atom stereocenters. The van der Waals surface area contributed by atoms with Gasteiger partial charge in [0.1, 0.15) is 0 Å². The van der Waals surface area contributed by atoms with Crippen molar-refractivity contribution in [3.8, 4) is 0 Å². The SMILES string of the molecule is CC(C)(C)OC(CC[SiH3])(OC(C)(C)C)OC(C)(C)C.